The van der Waals surface area contributed by atoms with Gasteiger partial charge in [0.15, 0.2) is 0 Å². The third-order valence-electron chi connectivity index (χ3n) is 2.67. The molecular weight excluding hydrogens is 316 g/mol. The maximum Gasteiger partial charge on any atom is 0.331 e. The van der Waals surface area contributed by atoms with Gasteiger partial charge >= 0.3 is 11.9 Å². The molecule has 0 aliphatic rings. The monoisotopic (exact) mass is 346 g/mol. The van der Waals surface area contributed by atoms with Crippen molar-refractivity contribution in [2.75, 3.05) is 80.9 Å². The van der Waals surface area contributed by atoms with Crippen molar-refractivity contribution in [2.24, 2.45) is 0 Å². The minimum absolute atomic E-state index is 0.144. The summed E-state index contributed by atoms with van der Waals surface area (Å²) in [6, 6.07) is 0. The number of carbonyl (C=O) groups excluding carboxylic acids is 2. The summed E-state index contributed by atoms with van der Waals surface area (Å²) in [5.41, 5.74) is 0. The first-order valence-electron chi connectivity index (χ1n) is 7.88. The first-order valence-corrected chi connectivity index (χ1v) is 7.88. The number of likely N-dealkylation sites (N-methyl/N-ethyl adjacent to an activating group) is 2. The van der Waals surface area contributed by atoms with Gasteiger partial charge in [0, 0.05) is 25.2 Å². The summed E-state index contributed by atoms with van der Waals surface area (Å²) < 4.78 is 20.3. The van der Waals surface area contributed by atoms with Crippen molar-refractivity contribution in [2.45, 2.75) is 0 Å². The van der Waals surface area contributed by atoms with E-state index in [4.69, 9.17) is 18.9 Å². The first-order chi connectivity index (χ1) is 11.4. The van der Waals surface area contributed by atoms with Crippen LogP contribution in [0.4, 0.5) is 0 Å². The Morgan fingerprint density at radius 1 is 0.667 bits per heavy atom. The van der Waals surface area contributed by atoms with Crippen LogP contribution in [0.25, 0.3) is 0 Å². The number of nitrogens with zero attached hydrogens (tertiary/aromatic N) is 2. The smallest absolute Gasteiger partial charge is 0.331 e. The van der Waals surface area contributed by atoms with Crippen LogP contribution in [0.3, 0.4) is 0 Å². The second-order valence-electron chi connectivity index (χ2n) is 5.50. The number of ether oxygens (including phenoxy) is 4. The molecule has 0 amide bonds. The predicted octanol–water partition coefficient (Wildman–Crippen LogP) is -0.215. The van der Waals surface area contributed by atoms with Crippen LogP contribution in [-0.4, -0.2) is 103 Å². The number of rotatable bonds is 14. The van der Waals surface area contributed by atoms with Crippen LogP contribution in [0, 0.1) is 0 Å². The Balaban J connectivity index is 3.54. The van der Waals surface area contributed by atoms with Gasteiger partial charge in [-0.05, 0) is 28.2 Å². The lowest BCUT2D eigenvalue weighted by atomic mass is 10.5. The van der Waals surface area contributed by atoms with Crippen LogP contribution < -0.4 is 0 Å². The Morgan fingerprint density at radius 2 is 1.04 bits per heavy atom. The van der Waals surface area contributed by atoms with Crippen LogP contribution in [0.1, 0.15) is 0 Å². The molecule has 0 aliphatic heterocycles. The zero-order valence-corrected chi connectivity index (χ0v) is 15.2. The maximum atomic E-state index is 11.4. The lowest BCUT2D eigenvalue weighted by molar-refractivity contribution is -0.142. The van der Waals surface area contributed by atoms with Crippen molar-refractivity contribution < 1.29 is 28.5 Å². The van der Waals surface area contributed by atoms with Crippen LogP contribution in [-0.2, 0) is 28.5 Å². The Bertz CT molecular complexity index is 338. The third kappa shape index (κ3) is 16.9. The Morgan fingerprint density at radius 3 is 1.38 bits per heavy atom. The largest absolute Gasteiger partial charge is 0.460 e. The Hall–Kier alpha value is -1.48. The molecule has 0 aliphatic carbocycles. The molecule has 0 N–H and O–H groups in total. The lowest BCUT2D eigenvalue weighted by Gasteiger charge is -2.09. The summed E-state index contributed by atoms with van der Waals surface area (Å²) in [6.45, 7) is 3.69. The van der Waals surface area contributed by atoms with E-state index in [1.165, 1.54) is 0 Å². The second-order valence-corrected chi connectivity index (χ2v) is 5.50. The van der Waals surface area contributed by atoms with Gasteiger partial charge in [-0.3, -0.25) is 0 Å². The van der Waals surface area contributed by atoms with Gasteiger partial charge < -0.3 is 28.7 Å². The fourth-order valence-corrected chi connectivity index (χ4v) is 1.33. The average Bonchev–Trinajstić information content (AvgIpc) is 2.51. The lowest BCUT2D eigenvalue weighted by Crippen LogP contribution is -2.19. The molecule has 8 heteroatoms. The van der Waals surface area contributed by atoms with Gasteiger partial charge in [0.05, 0.1) is 26.4 Å². The molecule has 0 rings (SSSR count). The fourth-order valence-electron chi connectivity index (χ4n) is 1.33. The normalized spacial score (nSPS) is 11.4. The van der Waals surface area contributed by atoms with Crippen LogP contribution in [0.15, 0.2) is 12.2 Å². The number of hydrogen-bond acceptors (Lipinski definition) is 8. The van der Waals surface area contributed by atoms with Crippen molar-refractivity contribution in [1.82, 2.24) is 9.80 Å². The molecule has 24 heavy (non-hydrogen) atoms. The summed E-state index contributed by atoms with van der Waals surface area (Å²) in [5, 5.41) is 0. The van der Waals surface area contributed by atoms with Gasteiger partial charge in [-0.2, -0.15) is 0 Å². The zero-order valence-electron chi connectivity index (χ0n) is 15.2. The van der Waals surface area contributed by atoms with E-state index >= 15 is 0 Å². The third-order valence-corrected chi connectivity index (χ3v) is 2.67. The quantitative estimate of drug-likeness (QED) is 0.243. The van der Waals surface area contributed by atoms with Crippen molar-refractivity contribution in [3.8, 4) is 0 Å². The highest BCUT2D eigenvalue weighted by molar-refractivity contribution is 5.91. The Kier molecular flexibility index (Phi) is 14.1. The maximum absolute atomic E-state index is 11.4. The fraction of sp³-hybridized carbons (Fsp3) is 0.750. The van der Waals surface area contributed by atoms with Crippen LogP contribution >= 0.6 is 0 Å². The second kappa shape index (κ2) is 15.1. The molecule has 0 atom stereocenters. The van der Waals surface area contributed by atoms with Gasteiger partial charge in [0.1, 0.15) is 13.2 Å². The summed E-state index contributed by atoms with van der Waals surface area (Å²) in [4.78, 5) is 26.7. The molecule has 0 unspecified atom stereocenters. The predicted molar refractivity (Wildman–Crippen MR) is 89.8 cm³/mol. The molecule has 0 radical (unpaired) electrons. The number of hydrogen-bond donors (Lipinski definition) is 0. The molecule has 0 saturated heterocycles. The highest BCUT2D eigenvalue weighted by atomic mass is 16.6. The summed E-state index contributed by atoms with van der Waals surface area (Å²) >= 11 is 0. The molecule has 0 aromatic carbocycles. The van der Waals surface area contributed by atoms with E-state index in [0.717, 1.165) is 25.2 Å². The molecule has 0 saturated carbocycles. The standard InChI is InChI=1S/C16H30N2O6/c1-17(2)7-9-21-11-13-23-15(19)5-6-16(20)24-14-12-22-10-8-18(3)4/h5-6H,7-14H2,1-4H3/b6-5+. The molecular formula is C16H30N2O6. The van der Waals surface area contributed by atoms with Crippen molar-refractivity contribution >= 4 is 11.9 Å². The molecule has 0 aromatic heterocycles. The van der Waals surface area contributed by atoms with Crippen LogP contribution in [0.2, 0.25) is 0 Å². The molecule has 0 spiro atoms. The van der Waals surface area contributed by atoms with Gasteiger partial charge in [-0.25, -0.2) is 9.59 Å². The van der Waals surface area contributed by atoms with E-state index in [0.29, 0.717) is 26.4 Å². The van der Waals surface area contributed by atoms with E-state index in [2.05, 4.69) is 0 Å². The molecule has 0 heterocycles. The molecule has 0 bridgehead atoms. The Labute approximate surface area is 144 Å². The molecule has 140 valence electrons. The van der Waals surface area contributed by atoms with Gasteiger partial charge in [-0.15, -0.1) is 0 Å². The number of esters is 2. The number of carbonyl (C=O) groups is 2. The molecule has 0 aromatic rings. The van der Waals surface area contributed by atoms with Crippen molar-refractivity contribution in [3.05, 3.63) is 12.2 Å². The molecule has 0 fully saturated rings. The molecule has 8 nitrogen and oxygen atoms in total. The van der Waals surface area contributed by atoms with E-state index in [9.17, 15) is 9.59 Å². The van der Waals surface area contributed by atoms with Crippen molar-refractivity contribution in [1.29, 1.82) is 0 Å². The zero-order chi connectivity index (χ0) is 18.2. The summed E-state index contributed by atoms with van der Waals surface area (Å²) in [6.07, 6.45) is 2.07. The average molecular weight is 346 g/mol. The van der Waals surface area contributed by atoms with E-state index in [1.54, 1.807) is 0 Å². The SMILES string of the molecule is CN(C)CCOCCOC(=O)/C=C/C(=O)OCCOCCN(C)C. The first kappa shape index (κ1) is 22.5. The van der Waals surface area contributed by atoms with Gasteiger partial charge in [0.25, 0.3) is 0 Å². The minimum atomic E-state index is -0.606. The topological polar surface area (TPSA) is 77.5 Å². The van der Waals surface area contributed by atoms with Crippen molar-refractivity contribution in [3.63, 3.8) is 0 Å². The highest BCUT2D eigenvalue weighted by Gasteiger charge is 2.01. The van der Waals surface area contributed by atoms with E-state index in [1.807, 2.05) is 38.0 Å². The van der Waals surface area contributed by atoms with E-state index < -0.39 is 11.9 Å². The summed E-state index contributed by atoms with van der Waals surface area (Å²) in [7, 11) is 7.79. The van der Waals surface area contributed by atoms with Gasteiger partial charge in [0.2, 0.25) is 0 Å². The highest BCUT2D eigenvalue weighted by Crippen LogP contribution is 1.88. The van der Waals surface area contributed by atoms with Gasteiger partial charge in [-0.1, -0.05) is 0 Å². The summed E-state index contributed by atoms with van der Waals surface area (Å²) in [5.74, 6) is -1.21. The minimum Gasteiger partial charge on any atom is -0.460 e. The van der Waals surface area contributed by atoms with Crippen LogP contribution in [0.5, 0.6) is 0 Å². The van der Waals surface area contributed by atoms with E-state index in [-0.39, 0.29) is 13.2 Å².